The second-order valence-corrected chi connectivity index (χ2v) is 5.87. The Bertz CT molecular complexity index is 277. The van der Waals surface area contributed by atoms with Gasteiger partial charge in [0.25, 0.3) is 0 Å². The van der Waals surface area contributed by atoms with Crippen LogP contribution >= 0.6 is 12.4 Å². The summed E-state index contributed by atoms with van der Waals surface area (Å²) in [5.41, 5.74) is 5.68. The van der Waals surface area contributed by atoms with Gasteiger partial charge in [-0.05, 0) is 51.0 Å². The fourth-order valence-electron chi connectivity index (χ4n) is 3.26. The molecule has 1 aliphatic carbocycles. The first kappa shape index (κ1) is 15.8. The van der Waals surface area contributed by atoms with Gasteiger partial charge >= 0.3 is 0 Å². The third-order valence-corrected chi connectivity index (χ3v) is 4.42. The first-order chi connectivity index (χ1) is 8.22. The molecular formula is C14H27ClN2O. The van der Waals surface area contributed by atoms with E-state index in [2.05, 4.69) is 11.8 Å². The van der Waals surface area contributed by atoms with Gasteiger partial charge in [0, 0.05) is 18.5 Å². The van der Waals surface area contributed by atoms with Crippen molar-refractivity contribution in [3.8, 4) is 0 Å². The number of likely N-dealkylation sites (tertiary alicyclic amines) is 1. The van der Waals surface area contributed by atoms with E-state index in [1.54, 1.807) is 0 Å². The van der Waals surface area contributed by atoms with Crippen molar-refractivity contribution in [2.75, 3.05) is 19.6 Å². The largest absolute Gasteiger partial charge is 0.342 e. The molecule has 0 radical (unpaired) electrons. The lowest BCUT2D eigenvalue weighted by Gasteiger charge is -2.35. The molecule has 2 rings (SSSR count). The van der Waals surface area contributed by atoms with Gasteiger partial charge in [-0.2, -0.15) is 0 Å². The van der Waals surface area contributed by atoms with Gasteiger partial charge in [-0.15, -0.1) is 12.4 Å². The van der Waals surface area contributed by atoms with Gasteiger partial charge in [-0.1, -0.05) is 13.3 Å². The van der Waals surface area contributed by atoms with Crippen molar-refractivity contribution in [2.45, 2.75) is 51.9 Å². The Morgan fingerprint density at radius 2 is 2.17 bits per heavy atom. The summed E-state index contributed by atoms with van der Waals surface area (Å²) in [5.74, 6) is 1.09. The van der Waals surface area contributed by atoms with E-state index in [1.807, 2.05) is 0 Å². The molecule has 0 aromatic rings. The van der Waals surface area contributed by atoms with Crippen molar-refractivity contribution in [3.05, 3.63) is 0 Å². The Kier molecular flexibility index (Phi) is 5.93. The Labute approximate surface area is 117 Å². The number of hydrogen-bond acceptors (Lipinski definition) is 2. The number of carbonyl (C=O) groups is 1. The highest BCUT2D eigenvalue weighted by Crippen LogP contribution is 2.51. The third kappa shape index (κ3) is 3.39. The van der Waals surface area contributed by atoms with Gasteiger partial charge in [0.15, 0.2) is 0 Å². The smallest absolute Gasteiger partial charge is 0.228 e. The van der Waals surface area contributed by atoms with Gasteiger partial charge in [0.1, 0.15) is 0 Å². The zero-order valence-electron chi connectivity index (χ0n) is 11.5. The van der Waals surface area contributed by atoms with Crippen LogP contribution in [0.15, 0.2) is 0 Å². The first-order valence-electron chi connectivity index (χ1n) is 7.21. The van der Waals surface area contributed by atoms with Crippen molar-refractivity contribution in [1.29, 1.82) is 0 Å². The van der Waals surface area contributed by atoms with E-state index >= 15 is 0 Å². The maximum Gasteiger partial charge on any atom is 0.228 e. The van der Waals surface area contributed by atoms with Crippen molar-refractivity contribution < 1.29 is 4.79 Å². The van der Waals surface area contributed by atoms with E-state index in [0.29, 0.717) is 11.8 Å². The summed E-state index contributed by atoms with van der Waals surface area (Å²) in [7, 11) is 0. The number of amides is 1. The lowest BCUT2D eigenvalue weighted by Crippen LogP contribution is -2.44. The Hall–Kier alpha value is -0.280. The van der Waals surface area contributed by atoms with Gasteiger partial charge in [0.2, 0.25) is 5.91 Å². The number of piperidine rings is 1. The monoisotopic (exact) mass is 274 g/mol. The maximum absolute atomic E-state index is 12.5. The summed E-state index contributed by atoms with van der Waals surface area (Å²) < 4.78 is 0. The number of hydrogen-bond donors (Lipinski definition) is 1. The normalized spacial score (nSPS) is 25.4. The van der Waals surface area contributed by atoms with E-state index in [0.717, 1.165) is 51.7 Å². The number of nitrogens with zero attached hydrogens (tertiary/aromatic N) is 1. The Morgan fingerprint density at radius 3 is 2.72 bits per heavy atom. The van der Waals surface area contributed by atoms with Crippen LogP contribution in [0.25, 0.3) is 0 Å². The van der Waals surface area contributed by atoms with Crippen molar-refractivity contribution >= 4 is 18.3 Å². The van der Waals surface area contributed by atoms with Gasteiger partial charge in [-0.3, -0.25) is 4.79 Å². The zero-order chi connectivity index (χ0) is 12.3. The Balaban J connectivity index is 0.00000162. The molecule has 2 N–H and O–H groups in total. The van der Waals surface area contributed by atoms with E-state index in [4.69, 9.17) is 5.73 Å². The SMILES string of the molecule is CCCC1(C(=O)N2CCCC(CCN)C2)CC1.Cl. The number of rotatable bonds is 5. The van der Waals surface area contributed by atoms with Crippen LogP contribution in [0, 0.1) is 11.3 Å². The first-order valence-corrected chi connectivity index (χ1v) is 7.21. The quantitative estimate of drug-likeness (QED) is 0.838. The van der Waals surface area contributed by atoms with Crippen LogP contribution in [-0.4, -0.2) is 30.4 Å². The molecule has 2 aliphatic rings. The molecule has 18 heavy (non-hydrogen) atoms. The van der Waals surface area contributed by atoms with Gasteiger partial charge in [0.05, 0.1) is 0 Å². The van der Waals surface area contributed by atoms with Gasteiger partial charge < -0.3 is 10.6 Å². The minimum Gasteiger partial charge on any atom is -0.342 e. The van der Waals surface area contributed by atoms with E-state index in [-0.39, 0.29) is 17.8 Å². The zero-order valence-corrected chi connectivity index (χ0v) is 12.3. The van der Waals surface area contributed by atoms with Crippen molar-refractivity contribution in [3.63, 3.8) is 0 Å². The predicted octanol–water partition coefficient (Wildman–Crippen LogP) is 2.58. The summed E-state index contributed by atoms with van der Waals surface area (Å²) in [6.45, 7) is 4.88. The number of carbonyl (C=O) groups excluding carboxylic acids is 1. The van der Waals surface area contributed by atoms with Crippen LogP contribution in [-0.2, 0) is 4.79 Å². The fraction of sp³-hybridized carbons (Fsp3) is 0.929. The molecule has 0 aromatic heterocycles. The molecule has 2 fully saturated rings. The summed E-state index contributed by atoms with van der Waals surface area (Å²) in [6, 6.07) is 0. The van der Waals surface area contributed by atoms with Crippen LogP contribution in [0.3, 0.4) is 0 Å². The topological polar surface area (TPSA) is 46.3 Å². The maximum atomic E-state index is 12.5. The summed E-state index contributed by atoms with van der Waals surface area (Å²) >= 11 is 0. The molecule has 3 nitrogen and oxygen atoms in total. The minimum absolute atomic E-state index is 0. The van der Waals surface area contributed by atoms with Crippen LogP contribution in [0.4, 0.5) is 0 Å². The highest BCUT2D eigenvalue weighted by molar-refractivity contribution is 5.85. The molecule has 4 heteroatoms. The molecule has 1 amide bonds. The predicted molar refractivity (Wildman–Crippen MR) is 76.8 cm³/mol. The molecule has 0 spiro atoms. The molecule has 1 aliphatic heterocycles. The fourth-order valence-corrected chi connectivity index (χ4v) is 3.26. The third-order valence-electron chi connectivity index (χ3n) is 4.42. The van der Waals surface area contributed by atoms with E-state index in [9.17, 15) is 4.79 Å². The lowest BCUT2D eigenvalue weighted by molar-refractivity contribution is -0.139. The molecule has 1 atom stereocenters. The van der Waals surface area contributed by atoms with E-state index in [1.165, 1.54) is 12.8 Å². The van der Waals surface area contributed by atoms with Crippen LogP contribution in [0.5, 0.6) is 0 Å². The average Bonchev–Trinajstić information content (AvgIpc) is 3.10. The lowest BCUT2D eigenvalue weighted by atomic mass is 9.92. The van der Waals surface area contributed by atoms with Crippen molar-refractivity contribution in [1.82, 2.24) is 4.90 Å². The molecule has 1 heterocycles. The molecule has 0 aromatic carbocycles. The van der Waals surface area contributed by atoms with Crippen LogP contribution in [0.1, 0.15) is 51.9 Å². The summed E-state index contributed by atoms with van der Waals surface area (Å²) in [4.78, 5) is 14.6. The summed E-state index contributed by atoms with van der Waals surface area (Å²) in [6.07, 6.45) is 7.95. The standard InChI is InChI=1S/C14H26N2O.ClH/c1-2-6-14(7-8-14)13(17)16-10-3-4-12(11-16)5-9-15;/h12H,2-11,15H2,1H3;1H. The second kappa shape index (κ2) is 6.76. The van der Waals surface area contributed by atoms with E-state index < -0.39 is 0 Å². The molecule has 1 saturated carbocycles. The number of nitrogens with two attached hydrogens (primary N) is 1. The highest BCUT2D eigenvalue weighted by Gasteiger charge is 2.50. The summed E-state index contributed by atoms with van der Waals surface area (Å²) in [5, 5.41) is 0. The molecule has 106 valence electrons. The van der Waals surface area contributed by atoms with Crippen LogP contribution < -0.4 is 5.73 Å². The van der Waals surface area contributed by atoms with Crippen molar-refractivity contribution in [2.24, 2.45) is 17.1 Å². The van der Waals surface area contributed by atoms with Crippen LogP contribution in [0.2, 0.25) is 0 Å². The minimum atomic E-state index is 0. The molecule has 0 bridgehead atoms. The highest BCUT2D eigenvalue weighted by atomic mass is 35.5. The molecular weight excluding hydrogens is 248 g/mol. The Morgan fingerprint density at radius 1 is 1.44 bits per heavy atom. The molecule has 1 saturated heterocycles. The second-order valence-electron chi connectivity index (χ2n) is 5.87. The molecule has 1 unspecified atom stereocenters. The number of halogens is 1. The average molecular weight is 275 g/mol. The van der Waals surface area contributed by atoms with Gasteiger partial charge in [-0.25, -0.2) is 0 Å².